The summed E-state index contributed by atoms with van der Waals surface area (Å²) < 4.78 is 7.05. The molecule has 5 saturated heterocycles. The largest absolute Gasteiger partial charge is 0.364 e. The minimum absolute atomic E-state index is 0.0183. The number of piperidine rings is 3. The van der Waals surface area contributed by atoms with Gasteiger partial charge < -0.3 is 20.7 Å². The van der Waals surface area contributed by atoms with Gasteiger partial charge in [-0.15, -0.1) is 0 Å². The lowest BCUT2D eigenvalue weighted by Gasteiger charge is -2.64. The van der Waals surface area contributed by atoms with Crippen LogP contribution in [0.15, 0.2) is 103 Å². The van der Waals surface area contributed by atoms with Gasteiger partial charge in [0.15, 0.2) is 5.11 Å². The van der Waals surface area contributed by atoms with E-state index in [4.69, 9.17) is 21.9 Å². The molecule has 4 bridgehead atoms. The zero-order valence-electron chi connectivity index (χ0n) is 28.2. The highest BCUT2D eigenvalue weighted by Crippen LogP contribution is 2.55. The number of amides is 1. The van der Waals surface area contributed by atoms with Gasteiger partial charge in [-0.2, -0.15) is 0 Å². The van der Waals surface area contributed by atoms with Crippen molar-refractivity contribution < 1.29 is 9.53 Å². The second-order valence-corrected chi connectivity index (χ2v) is 14.4. The van der Waals surface area contributed by atoms with E-state index in [0.717, 1.165) is 80.1 Å². The molecule has 1 unspecified atom stereocenters. The number of carbonyl (C=O) groups excluding carboxylic acids is 1. The van der Waals surface area contributed by atoms with Crippen LogP contribution in [0.1, 0.15) is 44.8 Å². The van der Waals surface area contributed by atoms with E-state index in [9.17, 15) is 4.79 Å². The zero-order chi connectivity index (χ0) is 34.0. The van der Waals surface area contributed by atoms with E-state index in [1.54, 1.807) is 6.92 Å². The molecule has 1 amide bonds. The average molecular weight is 678 g/mol. The molecule has 5 fully saturated rings. The van der Waals surface area contributed by atoms with E-state index >= 15 is 0 Å². The molecule has 3 N–H and O–H groups in total. The Hall–Kier alpha value is -4.89. The first-order valence-corrected chi connectivity index (χ1v) is 18.0. The van der Waals surface area contributed by atoms with E-state index in [2.05, 4.69) is 82.4 Å². The molecule has 0 spiro atoms. The number of carbonyl (C=O) groups is 1. The van der Waals surface area contributed by atoms with Gasteiger partial charge in [0.25, 0.3) is 0 Å². The van der Waals surface area contributed by atoms with E-state index in [0.29, 0.717) is 17.1 Å². The molecule has 5 aliphatic rings. The first kappa shape index (κ1) is 31.1. The van der Waals surface area contributed by atoms with Gasteiger partial charge in [0.2, 0.25) is 5.91 Å². The van der Waals surface area contributed by atoms with Crippen LogP contribution in [-0.2, 0) is 9.53 Å². The first-order chi connectivity index (χ1) is 24.4. The Kier molecular flexibility index (Phi) is 7.57. The highest BCUT2D eigenvalue weighted by atomic mass is 32.1. The monoisotopic (exact) mass is 677 g/mol. The fourth-order valence-corrected chi connectivity index (χ4v) is 9.21. The molecule has 5 atom stereocenters. The number of hydrogen-bond acceptors (Lipinski definition) is 5. The summed E-state index contributed by atoms with van der Waals surface area (Å²) in [6.07, 6.45) is 5.40. The Labute approximate surface area is 297 Å². The minimum Gasteiger partial charge on any atom is -0.364 e. The van der Waals surface area contributed by atoms with Crippen LogP contribution >= 0.6 is 12.2 Å². The second kappa shape index (κ2) is 12.2. The van der Waals surface area contributed by atoms with Gasteiger partial charge in [0, 0.05) is 59.3 Å². The second-order valence-electron chi connectivity index (χ2n) is 14.0. The molecule has 250 valence electrons. The minimum atomic E-state index is -0.125. The lowest BCUT2D eigenvalue weighted by Crippen LogP contribution is -2.70. The quantitative estimate of drug-likeness (QED) is 0.152. The van der Waals surface area contributed by atoms with Crippen molar-refractivity contribution in [3.05, 3.63) is 109 Å². The standard InChI is InChI=1S/C42H39N5O2S/c1-3-42-24-47-21-19-28(42)22-37(47)40(49-42)32-18-20-43-34-17-14-29(23-33(32)34)45-41(50)46-36-16-13-27-9-5-7-11-31(27)39(36)38-30-10-6-4-8-26(30)12-15-35(38)44-25(2)48/h4-18,20,23,28,37,40H,3,19,21-22,24H2,1-2H3,(H,44,48)(H2,45,46,50)/t28-,37+,40-,42+/m0/s1. The van der Waals surface area contributed by atoms with Gasteiger partial charge in [-0.3, -0.25) is 14.7 Å². The lowest BCUT2D eigenvalue weighted by molar-refractivity contribution is -0.274. The predicted octanol–water partition coefficient (Wildman–Crippen LogP) is 9.29. The summed E-state index contributed by atoms with van der Waals surface area (Å²) >= 11 is 6.00. The zero-order valence-corrected chi connectivity index (χ0v) is 29.0. The Morgan fingerprint density at radius 3 is 2.24 bits per heavy atom. The molecule has 11 rings (SSSR count). The number of pyridine rings is 1. The van der Waals surface area contributed by atoms with Crippen molar-refractivity contribution in [2.24, 2.45) is 5.92 Å². The summed E-state index contributed by atoms with van der Waals surface area (Å²) in [6.45, 7) is 6.03. The predicted molar refractivity (Wildman–Crippen MR) is 208 cm³/mol. The number of aromatic nitrogens is 1. The van der Waals surface area contributed by atoms with E-state index in [-0.39, 0.29) is 17.6 Å². The topological polar surface area (TPSA) is 78.5 Å². The molecule has 5 aliphatic heterocycles. The molecule has 50 heavy (non-hydrogen) atoms. The van der Waals surface area contributed by atoms with Gasteiger partial charge in [0.1, 0.15) is 0 Å². The highest BCUT2D eigenvalue weighted by Gasteiger charge is 2.58. The molecule has 1 aromatic heterocycles. The van der Waals surface area contributed by atoms with Crippen LogP contribution in [0.2, 0.25) is 0 Å². The molecule has 0 radical (unpaired) electrons. The van der Waals surface area contributed by atoms with Crippen LogP contribution in [0.25, 0.3) is 43.6 Å². The number of fused-ring (bicyclic) bond motifs is 5. The number of thiocarbonyl (C=S) groups is 1. The van der Waals surface area contributed by atoms with E-state index in [1.165, 1.54) is 18.4 Å². The van der Waals surface area contributed by atoms with Gasteiger partial charge in [-0.25, -0.2) is 0 Å². The number of benzene rings is 5. The van der Waals surface area contributed by atoms with Gasteiger partial charge in [-0.1, -0.05) is 67.6 Å². The normalized spacial score (nSPS) is 23.7. The van der Waals surface area contributed by atoms with Crippen LogP contribution in [-0.4, -0.2) is 45.6 Å². The number of ether oxygens (including phenoxy) is 1. The van der Waals surface area contributed by atoms with Crippen molar-refractivity contribution in [3.8, 4) is 11.1 Å². The van der Waals surface area contributed by atoms with Crippen molar-refractivity contribution in [1.82, 2.24) is 9.88 Å². The highest BCUT2D eigenvalue weighted by molar-refractivity contribution is 7.80. The smallest absolute Gasteiger partial charge is 0.221 e. The third-order valence-corrected chi connectivity index (χ3v) is 11.5. The SMILES string of the molecule is CC[C@@]12CN3CC[C@H]1C[C@@H]3[C@H](c1ccnc3ccc(NC(=S)Nc4ccc5ccccc5c4-c4c(NC(C)=O)ccc5ccccc45)cc13)O2. The Morgan fingerprint density at radius 2 is 1.58 bits per heavy atom. The van der Waals surface area contributed by atoms with Crippen LogP contribution in [0.4, 0.5) is 17.1 Å². The molecule has 5 aromatic carbocycles. The number of morpholine rings is 1. The maximum atomic E-state index is 12.4. The maximum Gasteiger partial charge on any atom is 0.221 e. The molecule has 0 aliphatic carbocycles. The molecular formula is C42H39N5O2S. The summed E-state index contributed by atoms with van der Waals surface area (Å²) in [5.41, 5.74) is 6.46. The average Bonchev–Trinajstić information content (AvgIpc) is 3.14. The van der Waals surface area contributed by atoms with Crippen molar-refractivity contribution in [2.45, 2.75) is 50.9 Å². The Morgan fingerprint density at radius 1 is 0.880 bits per heavy atom. The van der Waals surface area contributed by atoms with Gasteiger partial charge in [0.05, 0.1) is 17.2 Å². The number of rotatable bonds is 6. The lowest BCUT2D eigenvalue weighted by atomic mass is 9.66. The summed E-state index contributed by atoms with van der Waals surface area (Å²) in [5.74, 6) is 0.523. The molecule has 6 aromatic rings. The summed E-state index contributed by atoms with van der Waals surface area (Å²) in [7, 11) is 0. The van der Waals surface area contributed by atoms with Crippen molar-refractivity contribution in [1.29, 1.82) is 0 Å². The summed E-state index contributed by atoms with van der Waals surface area (Å²) in [4.78, 5) is 19.8. The van der Waals surface area contributed by atoms with Crippen LogP contribution in [0, 0.1) is 5.92 Å². The number of nitrogens with one attached hydrogen (secondary N) is 3. The third-order valence-electron chi connectivity index (χ3n) is 11.3. The van der Waals surface area contributed by atoms with Crippen molar-refractivity contribution >= 4 is 72.7 Å². The fourth-order valence-electron chi connectivity index (χ4n) is 8.99. The van der Waals surface area contributed by atoms with Gasteiger partial charge in [-0.05, 0) is 107 Å². The Balaban J connectivity index is 1.08. The molecule has 8 heteroatoms. The third kappa shape index (κ3) is 5.13. The van der Waals surface area contributed by atoms with Crippen LogP contribution in [0.3, 0.4) is 0 Å². The van der Waals surface area contributed by atoms with E-state index < -0.39 is 0 Å². The molecule has 7 nitrogen and oxygen atoms in total. The summed E-state index contributed by atoms with van der Waals surface area (Å²) in [6, 6.07) is 33.6. The van der Waals surface area contributed by atoms with Crippen molar-refractivity contribution in [2.75, 3.05) is 29.0 Å². The molecular weight excluding hydrogens is 639 g/mol. The van der Waals surface area contributed by atoms with E-state index in [1.807, 2.05) is 48.7 Å². The van der Waals surface area contributed by atoms with Crippen molar-refractivity contribution in [3.63, 3.8) is 0 Å². The van der Waals surface area contributed by atoms with Crippen LogP contribution in [0.5, 0.6) is 0 Å². The Bertz CT molecular complexity index is 2340. The molecule has 6 heterocycles. The fraction of sp³-hybridized carbons (Fsp3) is 0.262. The first-order valence-electron chi connectivity index (χ1n) is 17.6. The maximum absolute atomic E-state index is 12.4. The summed E-state index contributed by atoms with van der Waals surface area (Å²) in [5, 5.41) is 15.9. The van der Waals surface area contributed by atoms with Crippen LogP contribution < -0.4 is 16.0 Å². The molecule has 0 saturated carbocycles. The number of nitrogens with zero attached hydrogens (tertiary/aromatic N) is 2. The number of anilines is 3. The van der Waals surface area contributed by atoms with Gasteiger partial charge >= 0.3 is 0 Å². The number of hydrogen-bond donors (Lipinski definition) is 3.